The molecule has 134 valence electrons. The lowest BCUT2D eigenvalue weighted by Crippen LogP contribution is -2.37. The van der Waals surface area contributed by atoms with Gasteiger partial charge in [-0.15, -0.1) is 0 Å². The van der Waals surface area contributed by atoms with Crippen LogP contribution in [0.4, 0.5) is 4.39 Å². The third kappa shape index (κ3) is 3.23. The van der Waals surface area contributed by atoms with Gasteiger partial charge in [0.05, 0.1) is 18.6 Å². The van der Waals surface area contributed by atoms with Crippen LogP contribution in [0.2, 0.25) is 5.15 Å². The van der Waals surface area contributed by atoms with Crippen LogP contribution in [0.1, 0.15) is 5.69 Å². The van der Waals surface area contributed by atoms with Gasteiger partial charge in [-0.1, -0.05) is 11.6 Å². The van der Waals surface area contributed by atoms with Crippen LogP contribution in [0, 0.1) is 5.82 Å². The lowest BCUT2D eigenvalue weighted by atomic mass is 10.1. The normalized spacial score (nSPS) is 15.5. The Morgan fingerprint density at radius 2 is 1.88 bits per heavy atom. The van der Waals surface area contributed by atoms with Crippen molar-refractivity contribution in [1.29, 1.82) is 0 Å². The maximum absolute atomic E-state index is 13.4. The molecule has 7 heteroatoms. The molecule has 0 amide bonds. The molecule has 1 fully saturated rings. The molecule has 5 nitrogen and oxygen atoms in total. The van der Waals surface area contributed by atoms with E-state index >= 15 is 0 Å². The fraction of sp³-hybridized carbons (Fsp3) is 0.263. The highest BCUT2D eigenvalue weighted by atomic mass is 35.5. The molecule has 0 unspecified atom stereocenters. The summed E-state index contributed by atoms with van der Waals surface area (Å²) in [5.41, 5.74) is 1.16. The molecule has 0 saturated carbocycles. The lowest BCUT2D eigenvalue weighted by Gasteiger charge is -2.28. The number of hydrogen-bond donors (Lipinski definition) is 0. The average Bonchev–Trinajstić information content (AvgIpc) is 2.64. The largest absolute Gasteiger partial charge is 0.379 e. The number of rotatable bonds is 3. The predicted molar refractivity (Wildman–Crippen MR) is 98.4 cm³/mol. The second-order valence-electron chi connectivity index (χ2n) is 6.21. The summed E-state index contributed by atoms with van der Waals surface area (Å²) in [6, 6.07) is 9.60. The molecule has 3 aromatic rings. The van der Waals surface area contributed by atoms with Gasteiger partial charge in [0, 0.05) is 37.2 Å². The van der Waals surface area contributed by atoms with E-state index in [1.807, 2.05) is 6.07 Å². The SMILES string of the molecule is O=c1c2c(Cl)nccc2cc(CN2CCOCC2)n1-c1ccc(F)cc1. The molecule has 0 aliphatic carbocycles. The fourth-order valence-electron chi connectivity index (χ4n) is 3.25. The molecule has 0 radical (unpaired) electrons. The highest BCUT2D eigenvalue weighted by Gasteiger charge is 2.18. The Hall–Kier alpha value is -2.28. The first-order valence-electron chi connectivity index (χ1n) is 8.39. The predicted octanol–water partition coefficient (Wildman–Crippen LogP) is 3.01. The van der Waals surface area contributed by atoms with Crippen molar-refractivity contribution in [2.45, 2.75) is 6.54 Å². The van der Waals surface area contributed by atoms with E-state index in [0.717, 1.165) is 24.2 Å². The summed E-state index contributed by atoms with van der Waals surface area (Å²) in [6.07, 6.45) is 1.59. The van der Waals surface area contributed by atoms with Gasteiger partial charge in [0.15, 0.2) is 0 Å². The summed E-state index contributed by atoms with van der Waals surface area (Å²) in [4.78, 5) is 19.5. The second kappa shape index (κ2) is 7.15. The van der Waals surface area contributed by atoms with Crippen LogP contribution in [-0.2, 0) is 11.3 Å². The Morgan fingerprint density at radius 3 is 2.62 bits per heavy atom. The van der Waals surface area contributed by atoms with E-state index in [0.29, 0.717) is 30.8 Å². The fourth-order valence-corrected chi connectivity index (χ4v) is 3.49. The Morgan fingerprint density at radius 1 is 1.15 bits per heavy atom. The first-order valence-corrected chi connectivity index (χ1v) is 8.76. The van der Waals surface area contributed by atoms with Gasteiger partial charge in [-0.25, -0.2) is 9.37 Å². The van der Waals surface area contributed by atoms with E-state index in [1.165, 1.54) is 12.1 Å². The van der Waals surface area contributed by atoms with Crippen molar-refractivity contribution in [1.82, 2.24) is 14.5 Å². The smallest absolute Gasteiger partial charge is 0.266 e. The van der Waals surface area contributed by atoms with Crippen molar-refractivity contribution < 1.29 is 9.13 Å². The number of pyridine rings is 2. The number of benzene rings is 1. The van der Waals surface area contributed by atoms with Gasteiger partial charge in [0.1, 0.15) is 11.0 Å². The third-order valence-corrected chi connectivity index (χ3v) is 4.82. The molecule has 4 rings (SSSR count). The van der Waals surface area contributed by atoms with Crippen molar-refractivity contribution in [3.8, 4) is 5.69 Å². The van der Waals surface area contributed by atoms with Crippen LogP contribution >= 0.6 is 11.6 Å². The molecular weight excluding hydrogens is 357 g/mol. The summed E-state index contributed by atoms with van der Waals surface area (Å²) >= 11 is 6.18. The summed E-state index contributed by atoms with van der Waals surface area (Å²) in [5, 5.41) is 1.28. The highest BCUT2D eigenvalue weighted by Crippen LogP contribution is 2.22. The molecule has 1 aliphatic heterocycles. The standard InChI is InChI=1S/C19H17ClFN3O2/c20-18-17-13(5-6-22-18)11-16(12-23-7-9-26-10-8-23)24(19(17)25)15-3-1-14(21)2-4-15/h1-6,11H,7-10,12H2. The molecular formula is C19H17ClFN3O2. The zero-order valence-corrected chi connectivity index (χ0v) is 14.7. The van der Waals surface area contributed by atoms with Gasteiger partial charge in [0.2, 0.25) is 0 Å². The molecule has 0 spiro atoms. The third-order valence-electron chi connectivity index (χ3n) is 4.54. The van der Waals surface area contributed by atoms with Gasteiger partial charge >= 0.3 is 0 Å². The van der Waals surface area contributed by atoms with Gasteiger partial charge < -0.3 is 4.74 Å². The Bertz CT molecular complexity index is 998. The zero-order chi connectivity index (χ0) is 18.1. The summed E-state index contributed by atoms with van der Waals surface area (Å²) < 4.78 is 20.3. The van der Waals surface area contributed by atoms with E-state index in [9.17, 15) is 9.18 Å². The Balaban J connectivity index is 1.91. The van der Waals surface area contributed by atoms with Crippen molar-refractivity contribution in [2.75, 3.05) is 26.3 Å². The molecule has 1 saturated heterocycles. The van der Waals surface area contributed by atoms with Crippen LogP contribution in [0.3, 0.4) is 0 Å². The highest BCUT2D eigenvalue weighted by molar-refractivity contribution is 6.34. The number of halogens is 2. The van der Waals surface area contributed by atoms with Crippen molar-refractivity contribution in [2.24, 2.45) is 0 Å². The molecule has 26 heavy (non-hydrogen) atoms. The van der Waals surface area contributed by atoms with Crippen molar-refractivity contribution >= 4 is 22.4 Å². The minimum Gasteiger partial charge on any atom is -0.379 e. The molecule has 1 aliphatic rings. The molecule has 0 bridgehead atoms. The van der Waals surface area contributed by atoms with E-state index in [2.05, 4.69) is 9.88 Å². The number of aromatic nitrogens is 2. The maximum atomic E-state index is 13.4. The molecule has 1 aromatic carbocycles. The topological polar surface area (TPSA) is 47.4 Å². The lowest BCUT2D eigenvalue weighted by molar-refractivity contribution is 0.0333. The molecule has 3 heterocycles. The maximum Gasteiger partial charge on any atom is 0.266 e. The molecule has 0 atom stereocenters. The van der Waals surface area contributed by atoms with Crippen LogP contribution in [0.15, 0.2) is 47.4 Å². The average molecular weight is 374 g/mol. The first kappa shape index (κ1) is 17.1. The number of fused-ring (bicyclic) bond motifs is 1. The van der Waals surface area contributed by atoms with Gasteiger partial charge in [-0.3, -0.25) is 14.3 Å². The van der Waals surface area contributed by atoms with Crippen LogP contribution in [0.25, 0.3) is 16.5 Å². The van der Waals surface area contributed by atoms with Gasteiger partial charge in [0.25, 0.3) is 5.56 Å². The Kier molecular flexibility index (Phi) is 4.72. The number of morpholine rings is 1. The number of hydrogen-bond acceptors (Lipinski definition) is 4. The minimum absolute atomic E-state index is 0.168. The van der Waals surface area contributed by atoms with Crippen LogP contribution in [-0.4, -0.2) is 40.8 Å². The number of nitrogens with zero attached hydrogens (tertiary/aromatic N) is 3. The summed E-state index contributed by atoms with van der Waals surface area (Å²) in [7, 11) is 0. The quantitative estimate of drug-likeness (QED) is 0.662. The first-order chi connectivity index (χ1) is 12.6. The molecule has 2 aromatic heterocycles. The van der Waals surface area contributed by atoms with Crippen LogP contribution in [0.5, 0.6) is 0 Å². The van der Waals surface area contributed by atoms with Crippen molar-refractivity contribution in [3.63, 3.8) is 0 Å². The monoisotopic (exact) mass is 373 g/mol. The van der Waals surface area contributed by atoms with Crippen molar-refractivity contribution in [3.05, 3.63) is 69.6 Å². The Labute approximate surface area is 154 Å². The van der Waals surface area contributed by atoms with Gasteiger partial charge in [-0.2, -0.15) is 0 Å². The summed E-state index contributed by atoms with van der Waals surface area (Å²) in [5.74, 6) is -0.350. The minimum atomic E-state index is -0.350. The summed E-state index contributed by atoms with van der Waals surface area (Å²) in [6.45, 7) is 3.53. The van der Waals surface area contributed by atoms with E-state index in [-0.39, 0.29) is 16.5 Å². The van der Waals surface area contributed by atoms with Gasteiger partial charge in [-0.05, 0) is 41.8 Å². The van der Waals surface area contributed by atoms with E-state index in [1.54, 1.807) is 29.0 Å². The van der Waals surface area contributed by atoms with E-state index < -0.39 is 0 Å². The zero-order valence-electron chi connectivity index (χ0n) is 14.0. The number of ether oxygens (including phenoxy) is 1. The second-order valence-corrected chi connectivity index (χ2v) is 6.57. The van der Waals surface area contributed by atoms with Crippen LogP contribution < -0.4 is 5.56 Å². The van der Waals surface area contributed by atoms with E-state index in [4.69, 9.17) is 16.3 Å². The molecule has 0 N–H and O–H groups in total.